The molecule has 0 unspecified atom stereocenters. The zero-order valence-corrected chi connectivity index (χ0v) is 19.0. The average molecular weight is 458 g/mol. The number of anilines is 2. The number of nitrogens with two attached hydrogens (primary N) is 2. The minimum absolute atomic E-state index is 0.185. The van der Waals surface area contributed by atoms with E-state index in [1.165, 1.54) is 0 Å². The van der Waals surface area contributed by atoms with E-state index in [0.717, 1.165) is 64.9 Å². The number of rotatable bonds is 3. The van der Waals surface area contributed by atoms with Crippen molar-refractivity contribution in [2.75, 3.05) is 23.7 Å². The molecule has 0 bridgehead atoms. The molecule has 0 spiro atoms. The highest BCUT2D eigenvalue weighted by molar-refractivity contribution is 6.31. The molecule has 8 heteroatoms. The molecule has 5 N–H and O–H groups in total. The first-order valence-corrected chi connectivity index (χ1v) is 11.3. The lowest BCUT2D eigenvalue weighted by atomic mass is 9.95. The molecule has 0 amide bonds. The Labute approximate surface area is 197 Å². The molecule has 4 aromatic rings. The largest absolute Gasteiger partial charge is 0.383 e. The minimum atomic E-state index is 0.185. The summed E-state index contributed by atoms with van der Waals surface area (Å²) < 4.78 is 0. The zero-order chi connectivity index (χ0) is 23.1. The van der Waals surface area contributed by atoms with Gasteiger partial charge in [-0.25, -0.2) is 9.97 Å². The number of aryl methyl sites for hydroxylation is 1. The van der Waals surface area contributed by atoms with Crippen LogP contribution in [0.3, 0.4) is 0 Å². The minimum Gasteiger partial charge on any atom is -0.383 e. The van der Waals surface area contributed by atoms with Gasteiger partial charge < -0.3 is 21.4 Å². The Bertz CT molecular complexity index is 1390. The first-order chi connectivity index (χ1) is 15.9. The van der Waals surface area contributed by atoms with Crippen LogP contribution < -0.4 is 16.4 Å². The molecule has 2 aromatic heterocycles. The quantitative estimate of drug-likeness (QED) is 0.412. The second-order valence-corrected chi connectivity index (χ2v) is 8.99. The van der Waals surface area contributed by atoms with Gasteiger partial charge in [0.15, 0.2) is 0 Å². The van der Waals surface area contributed by atoms with Crippen LogP contribution in [0, 0.1) is 18.3 Å². The number of aromatic amines is 1. The zero-order valence-electron chi connectivity index (χ0n) is 18.3. The number of fused-ring (bicyclic) bond motifs is 1. The van der Waals surface area contributed by atoms with E-state index in [2.05, 4.69) is 27.0 Å². The monoisotopic (exact) mass is 457 g/mol. The molecule has 0 atom stereocenters. The molecule has 0 aliphatic carbocycles. The van der Waals surface area contributed by atoms with Crippen molar-refractivity contribution in [3.8, 4) is 28.6 Å². The number of H-pyrrole nitrogens is 1. The lowest BCUT2D eigenvalue weighted by Crippen LogP contribution is -2.40. The van der Waals surface area contributed by atoms with Crippen molar-refractivity contribution in [1.82, 2.24) is 15.0 Å². The summed E-state index contributed by atoms with van der Waals surface area (Å²) in [7, 11) is 0. The summed E-state index contributed by atoms with van der Waals surface area (Å²) >= 11 is 6.18. The van der Waals surface area contributed by atoms with Gasteiger partial charge in [0.25, 0.3) is 0 Å². The summed E-state index contributed by atoms with van der Waals surface area (Å²) in [6.45, 7) is 3.58. The molecule has 3 heterocycles. The van der Waals surface area contributed by atoms with Gasteiger partial charge in [0, 0.05) is 35.9 Å². The van der Waals surface area contributed by atoms with Gasteiger partial charge in [-0.3, -0.25) is 0 Å². The van der Waals surface area contributed by atoms with Gasteiger partial charge in [0.05, 0.1) is 33.9 Å². The van der Waals surface area contributed by atoms with Crippen LogP contribution in [0.15, 0.2) is 42.6 Å². The van der Waals surface area contributed by atoms with E-state index in [4.69, 9.17) is 28.1 Å². The average Bonchev–Trinajstić information content (AvgIpc) is 3.21. The van der Waals surface area contributed by atoms with Gasteiger partial charge >= 0.3 is 0 Å². The number of benzene rings is 2. The van der Waals surface area contributed by atoms with Crippen LogP contribution in [0.4, 0.5) is 11.5 Å². The van der Waals surface area contributed by atoms with E-state index in [-0.39, 0.29) is 6.04 Å². The summed E-state index contributed by atoms with van der Waals surface area (Å²) in [6, 6.07) is 13.8. The first kappa shape index (κ1) is 21.3. The molecular formula is C25H24ClN7. The van der Waals surface area contributed by atoms with Crippen molar-refractivity contribution in [2.45, 2.75) is 25.8 Å². The number of piperidine rings is 1. The summed E-state index contributed by atoms with van der Waals surface area (Å²) in [5.41, 5.74) is 19.4. The van der Waals surface area contributed by atoms with E-state index in [0.29, 0.717) is 22.2 Å². The normalized spacial score (nSPS) is 14.5. The smallest absolute Gasteiger partial charge is 0.144 e. The van der Waals surface area contributed by atoms with Crippen LogP contribution in [0.1, 0.15) is 24.0 Å². The van der Waals surface area contributed by atoms with E-state index in [9.17, 15) is 5.26 Å². The fourth-order valence-electron chi connectivity index (χ4n) is 4.51. The Morgan fingerprint density at radius 1 is 1.18 bits per heavy atom. The van der Waals surface area contributed by atoms with Crippen LogP contribution >= 0.6 is 11.6 Å². The Morgan fingerprint density at radius 2 is 1.97 bits per heavy atom. The first-order valence-electron chi connectivity index (χ1n) is 10.9. The van der Waals surface area contributed by atoms with Crippen molar-refractivity contribution in [3.05, 3.63) is 58.7 Å². The van der Waals surface area contributed by atoms with Gasteiger partial charge in [0.2, 0.25) is 0 Å². The predicted octanol–water partition coefficient (Wildman–Crippen LogP) is 4.64. The number of aromatic nitrogens is 3. The van der Waals surface area contributed by atoms with Crippen molar-refractivity contribution in [2.24, 2.45) is 5.73 Å². The van der Waals surface area contributed by atoms with E-state index in [1.54, 1.807) is 6.20 Å². The SMILES string of the molecule is Cc1cc(C#N)cc(-c2cnc(N)c(-c3nc4cc(Cl)ccc4[nH]3)c2N2CCC(N)CC2)c1. The standard InChI is InChI=1S/C25H24ClN7/c1-14-8-15(12-27)10-16(9-14)19-13-30-24(29)22(23(19)33-6-4-18(28)5-7-33)25-31-20-3-2-17(26)11-21(20)32-25/h2-3,8-11,13,18H,4-7,28H2,1H3,(H2,29,30)(H,31,32). The van der Waals surface area contributed by atoms with Crippen LogP contribution in [0.25, 0.3) is 33.5 Å². The summed E-state index contributed by atoms with van der Waals surface area (Å²) in [6.07, 6.45) is 3.56. The van der Waals surface area contributed by atoms with Crippen molar-refractivity contribution < 1.29 is 0 Å². The highest BCUT2D eigenvalue weighted by Crippen LogP contribution is 2.43. The molecule has 1 aliphatic rings. The number of pyridine rings is 1. The molecule has 7 nitrogen and oxygen atoms in total. The summed E-state index contributed by atoms with van der Waals surface area (Å²) in [5.74, 6) is 1.03. The third-order valence-electron chi connectivity index (χ3n) is 6.14. The summed E-state index contributed by atoms with van der Waals surface area (Å²) in [4.78, 5) is 15.0. The third kappa shape index (κ3) is 3.99. The predicted molar refractivity (Wildman–Crippen MR) is 133 cm³/mol. The number of imidazole rings is 1. The van der Waals surface area contributed by atoms with Gasteiger partial charge in [-0.1, -0.05) is 17.7 Å². The van der Waals surface area contributed by atoms with E-state index >= 15 is 0 Å². The number of nitrogen functional groups attached to an aromatic ring is 1. The molecule has 1 fully saturated rings. The van der Waals surface area contributed by atoms with E-state index in [1.807, 2.05) is 37.3 Å². The van der Waals surface area contributed by atoms with Crippen molar-refractivity contribution in [3.63, 3.8) is 0 Å². The van der Waals surface area contributed by atoms with Crippen molar-refractivity contribution >= 4 is 34.1 Å². The third-order valence-corrected chi connectivity index (χ3v) is 6.37. The molecule has 5 rings (SSSR count). The van der Waals surface area contributed by atoms with Gasteiger partial charge in [0.1, 0.15) is 11.6 Å². The fourth-order valence-corrected chi connectivity index (χ4v) is 4.68. The number of halogens is 1. The van der Waals surface area contributed by atoms with Crippen LogP contribution in [0.5, 0.6) is 0 Å². The Hall–Kier alpha value is -3.60. The maximum Gasteiger partial charge on any atom is 0.144 e. The molecule has 0 saturated carbocycles. The molecule has 33 heavy (non-hydrogen) atoms. The van der Waals surface area contributed by atoms with E-state index < -0.39 is 0 Å². The molecular weight excluding hydrogens is 434 g/mol. The van der Waals surface area contributed by atoms with Gasteiger partial charge in [-0.15, -0.1) is 0 Å². The second kappa shape index (κ2) is 8.39. The molecule has 166 valence electrons. The lowest BCUT2D eigenvalue weighted by Gasteiger charge is -2.34. The number of nitrogens with one attached hydrogen (secondary N) is 1. The highest BCUT2D eigenvalue weighted by atomic mass is 35.5. The molecule has 1 aliphatic heterocycles. The lowest BCUT2D eigenvalue weighted by molar-refractivity contribution is 0.501. The number of nitrogens with zero attached hydrogens (tertiary/aromatic N) is 4. The Morgan fingerprint density at radius 3 is 2.73 bits per heavy atom. The molecule has 1 saturated heterocycles. The fraction of sp³-hybridized carbons (Fsp3) is 0.240. The van der Waals surface area contributed by atoms with Crippen LogP contribution in [0.2, 0.25) is 5.02 Å². The molecule has 0 radical (unpaired) electrons. The Kier molecular flexibility index (Phi) is 5.41. The van der Waals surface area contributed by atoms with Crippen LogP contribution in [-0.4, -0.2) is 34.1 Å². The number of nitriles is 1. The second-order valence-electron chi connectivity index (χ2n) is 8.55. The van der Waals surface area contributed by atoms with Crippen molar-refractivity contribution in [1.29, 1.82) is 5.26 Å². The highest BCUT2D eigenvalue weighted by Gasteiger charge is 2.26. The topological polar surface area (TPSA) is 121 Å². The number of hydrogen-bond acceptors (Lipinski definition) is 6. The summed E-state index contributed by atoms with van der Waals surface area (Å²) in [5, 5.41) is 10.1. The molecule has 2 aromatic carbocycles. The maximum absolute atomic E-state index is 9.52. The van der Waals surface area contributed by atoms with Crippen LogP contribution in [-0.2, 0) is 0 Å². The Balaban J connectivity index is 1.77. The number of hydrogen-bond donors (Lipinski definition) is 3. The van der Waals surface area contributed by atoms with Gasteiger partial charge in [-0.2, -0.15) is 5.26 Å². The van der Waals surface area contributed by atoms with Gasteiger partial charge in [-0.05, 0) is 61.2 Å². The maximum atomic E-state index is 9.52.